The monoisotopic (exact) mass is 340 g/mol. The van der Waals surface area contributed by atoms with Crippen LogP contribution in [-0.4, -0.2) is 36.1 Å². The number of carbonyl (C=O) groups excluding carboxylic acids is 1. The van der Waals surface area contributed by atoms with Crippen molar-refractivity contribution in [2.75, 3.05) is 30.9 Å². The van der Waals surface area contributed by atoms with Gasteiger partial charge in [0, 0.05) is 25.4 Å². The van der Waals surface area contributed by atoms with Crippen LogP contribution < -0.4 is 10.6 Å². The van der Waals surface area contributed by atoms with E-state index in [1.54, 1.807) is 7.11 Å². The third kappa shape index (κ3) is 4.92. The molecule has 0 radical (unpaired) electrons. The number of rotatable bonds is 6. The summed E-state index contributed by atoms with van der Waals surface area (Å²) in [6, 6.07) is 5.77. The summed E-state index contributed by atoms with van der Waals surface area (Å²) in [5.41, 5.74) is -0.783. The summed E-state index contributed by atoms with van der Waals surface area (Å²) in [7, 11) is 1.55. The smallest absolute Gasteiger partial charge is 0.383 e. The van der Waals surface area contributed by atoms with Gasteiger partial charge in [-0.15, -0.1) is 0 Å². The topological polar surface area (TPSA) is 76.1 Å². The Morgan fingerprint density at radius 3 is 2.75 bits per heavy atom. The zero-order valence-corrected chi connectivity index (χ0v) is 12.7. The third-order valence-electron chi connectivity index (χ3n) is 2.96. The quantitative estimate of drug-likeness (QED) is 0.791. The normalized spacial score (nSPS) is 11.2. The van der Waals surface area contributed by atoms with Crippen molar-refractivity contribution in [2.45, 2.75) is 6.18 Å². The summed E-state index contributed by atoms with van der Waals surface area (Å²) in [4.78, 5) is 19.9. The van der Waals surface area contributed by atoms with Crippen molar-refractivity contribution in [3.63, 3.8) is 0 Å². The van der Waals surface area contributed by atoms with Gasteiger partial charge in [0.25, 0.3) is 5.91 Å². The first-order valence-electron chi connectivity index (χ1n) is 6.93. The molecule has 1 aromatic carbocycles. The number of aromatic nitrogens is 2. The third-order valence-corrected chi connectivity index (χ3v) is 2.96. The zero-order chi connectivity index (χ0) is 17.6. The Bertz CT molecular complexity index is 707. The van der Waals surface area contributed by atoms with E-state index in [4.69, 9.17) is 4.74 Å². The Kier molecular flexibility index (Phi) is 5.69. The highest BCUT2D eigenvalue weighted by atomic mass is 19.4. The molecule has 1 aromatic heterocycles. The molecular weight excluding hydrogens is 325 g/mol. The average molecular weight is 340 g/mol. The summed E-state index contributed by atoms with van der Waals surface area (Å²) in [5, 5.41) is 5.31. The molecule has 2 rings (SSSR count). The minimum absolute atomic E-state index is 0.0299. The predicted octanol–water partition coefficient (Wildman–Crippen LogP) is 2.81. The van der Waals surface area contributed by atoms with Gasteiger partial charge in [-0.3, -0.25) is 4.79 Å². The summed E-state index contributed by atoms with van der Waals surface area (Å²) in [6.07, 6.45) is -3.29. The van der Waals surface area contributed by atoms with E-state index in [-0.39, 0.29) is 11.4 Å². The van der Waals surface area contributed by atoms with Crippen molar-refractivity contribution in [2.24, 2.45) is 0 Å². The van der Waals surface area contributed by atoms with Crippen LogP contribution in [-0.2, 0) is 10.9 Å². The fraction of sp³-hybridized carbons (Fsp3) is 0.267. The molecule has 128 valence electrons. The molecule has 6 nitrogen and oxygen atoms in total. The molecule has 0 aliphatic carbocycles. The van der Waals surface area contributed by atoms with Crippen LogP contribution in [0.5, 0.6) is 0 Å². The van der Waals surface area contributed by atoms with Gasteiger partial charge >= 0.3 is 6.18 Å². The van der Waals surface area contributed by atoms with E-state index in [1.807, 2.05) is 0 Å². The summed E-state index contributed by atoms with van der Waals surface area (Å²) < 4.78 is 42.9. The Balaban J connectivity index is 2.08. The highest BCUT2D eigenvalue weighted by Gasteiger charge is 2.30. The van der Waals surface area contributed by atoms with Gasteiger partial charge in [-0.25, -0.2) is 9.97 Å². The molecule has 1 amide bonds. The second kappa shape index (κ2) is 7.73. The number of halogens is 3. The average Bonchev–Trinajstić information content (AvgIpc) is 2.55. The van der Waals surface area contributed by atoms with Gasteiger partial charge < -0.3 is 15.4 Å². The lowest BCUT2D eigenvalue weighted by Gasteiger charge is -2.10. The number of alkyl halides is 3. The number of anilines is 2. The summed E-state index contributed by atoms with van der Waals surface area (Å²) >= 11 is 0. The van der Waals surface area contributed by atoms with Crippen LogP contribution in [0, 0.1) is 0 Å². The van der Waals surface area contributed by atoms with E-state index in [0.717, 1.165) is 12.1 Å². The van der Waals surface area contributed by atoms with Crippen molar-refractivity contribution in [1.29, 1.82) is 0 Å². The summed E-state index contributed by atoms with van der Waals surface area (Å²) in [5.74, 6) is -0.220. The molecule has 0 spiro atoms. The van der Waals surface area contributed by atoms with Crippen molar-refractivity contribution >= 4 is 17.4 Å². The number of hydrogen-bond acceptors (Lipinski definition) is 5. The molecule has 9 heteroatoms. The minimum atomic E-state index is -4.48. The van der Waals surface area contributed by atoms with E-state index >= 15 is 0 Å². The Morgan fingerprint density at radius 2 is 2.04 bits per heavy atom. The van der Waals surface area contributed by atoms with Crippen LogP contribution >= 0.6 is 0 Å². The van der Waals surface area contributed by atoms with E-state index in [9.17, 15) is 18.0 Å². The molecule has 1 heterocycles. The van der Waals surface area contributed by atoms with Crippen molar-refractivity contribution in [3.05, 3.63) is 47.9 Å². The Labute approximate surface area is 136 Å². The molecule has 0 fully saturated rings. The lowest BCUT2D eigenvalue weighted by atomic mass is 10.2. The van der Waals surface area contributed by atoms with Crippen LogP contribution in [0.25, 0.3) is 0 Å². The van der Waals surface area contributed by atoms with Gasteiger partial charge in [0.2, 0.25) is 0 Å². The van der Waals surface area contributed by atoms with Gasteiger partial charge in [0.1, 0.15) is 17.8 Å². The molecule has 2 N–H and O–H groups in total. The van der Waals surface area contributed by atoms with Crippen molar-refractivity contribution < 1.29 is 22.7 Å². The lowest BCUT2D eigenvalue weighted by Crippen LogP contribution is -2.16. The van der Waals surface area contributed by atoms with Crippen molar-refractivity contribution in [1.82, 2.24) is 9.97 Å². The molecule has 0 bridgehead atoms. The van der Waals surface area contributed by atoms with Crippen LogP contribution in [0.4, 0.5) is 24.7 Å². The number of nitrogens with one attached hydrogen (secondary N) is 2. The standard InChI is InChI=1S/C15H15F3N4O2/c1-24-6-5-19-13-8-12(20-9-21-13)14(23)22-11-4-2-3-10(7-11)15(16,17)18/h2-4,7-9H,5-6H2,1H3,(H,22,23)(H,19,20,21). The van der Waals surface area contributed by atoms with Gasteiger partial charge in [-0.05, 0) is 18.2 Å². The van der Waals surface area contributed by atoms with Gasteiger partial charge in [0.15, 0.2) is 0 Å². The number of hydrogen-bond donors (Lipinski definition) is 2. The molecule has 24 heavy (non-hydrogen) atoms. The van der Waals surface area contributed by atoms with Crippen LogP contribution in [0.15, 0.2) is 36.7 Å². The number of carbonyl (C=O) groups is 1. The van der Waals surface area contributed by atoms with Gasteiger partial charge in [-0.2, -0.15) is 13.2 Å². The number of amides is 1. The second-order valence-corrected chi connectivity index (χ2v) is 4.74. The second-order valence-electron chi connectivity index (χ2n) is 4.74. The Morgan fingerprint density at radius 1 is 1.25 bits per heavy atom. The van der Waals surface area contributed by atoms with E-state index in [0.29, 0.717) is 19.0 Å². The predicted molar refractivity (Wildman–Crippen MR) is 81.8 cm³/mol. The van der Waals surface area contributed by atoms with Gasteiger partial charge in [0.05, 0.1) is 12.2 Å². The van der Waals surface area contributed by atoms with E-state index < -0.39 is 17.6 Å². The SMILES string of the molecule is COCCNc1cc(C(=O)Nc2cccc(C(F)(F)F)c2)ncn1. The molecule has 2 aromatic rings. The first-order chi connectivity index (χ1) is 11.4. The largest absolute Gasteiger partial charge is 0.416 e. The summed E-state index contributed by atoms with van der Waals surface area (Å²) in [6.45, 7) is 0.942. The highest BCUT2D eigenvalue weighted by Crippen LogP contribution is 2.30. The maximum atomic E-state index is 12.7. The number of benzene rings is 1. The lowest BCUT2D eigenvalue weighted by molar-refractivity contribution is -0.137. The number of ether oxygens (including phenoxy) is 1. The number of methoxy groups -OCH3 is 1. The van der Waals surface area contributed by atoms with Crippen LogP contribution in [0.3, 0.4) is 0 Å². The minimum Gasteiger partial charge on any atom is -0.383 e. The molecular formula is C15H15F3N4O2. The molecule has 0 aliphatic rings. The molecule has 0 saturated heterocycles. The fourth-order valence-corrected chi connectivity index (χ4v) is 1.83. The number of nitrogens with zero attached hydrogens (tertiary/aromatic N) is 2. The molecule has 0 aliphatic heterocycles. The van der Waals surface area contributed by atoms with E-state index in [1.165, 1.54) is 24.5 Å². The highest BCUT2D eigenvalue weighted by molar-refractivity contribution is 6.03. The maximum absolute atomic E-state index is 12.7. The first kappa shape index (κ1) is 17.7. The molecule has 0 unspecified atom stereocenters. The zero-order valence-electron chi connectivity index (χ0n) is 12.7. The first-order valence-corrected chi connectivity index (χ1v) is 6.93. The van der Waals surface area contributed by atoms with Crippen LogP contribution in [0.1, 0.15) is 16.1 Å². The Hall–Kier alpha value is -2.68. The van der Waals surface area contributed by atoms with E-state index in [2.05, 4.69) is 20.6 Å². The maximum Gasteiger partial charge on any atom is 0.416 e. The fourth-order valence-electron chi connectivity index (χ4n) is 1.83. The molecule has 0 saturated carbocycles. The van der Waals surface area contributed by atoms with Crippen LogP contribution in [0.2, 0.25) is 0 Å². The van der Waals surface area contributed by atoms with Crippen molar-refractivity contribution in [3.8, 4) is 0 Å². The van der Waals surface area contributed by atoms with Gasteiger partial charge in [-0.1, -0.05) is 6.07 Å². The molecule has 0 atom stereocenters.